The molecule has 1 aliphatic heterocycles. The average molecular weight is 255 g/mol. The Morgan fingerprint density at radius 1 is 1.44 bits per heavy atom. The van der Waals surface area contributed by atoms with Crippen LogP contribution in [0.4, 0.5) is 0 Å². The largest absolute Gasteiger partial charge is 0.388 e. The van der Waals surface area contributed by atoms with Crippen LogP contribution in [0.5, 0.6) is 0 Å². The molecule has 1 rings (SSSR count). The Morgan fingerprint density at radius 2 is 2.00 bits per heavy atom. The maximum Gasteiger partial charge on any atom is 0.333 e. The highest BCUT2D eigenvalue weighted by molar-refractivity contribution is 7.53. The SMILES string of the molecule is CC(C)P(=O)(O)O[C@H]1OC[C@H](N)[C@H](O)C1O. The van der Waals surface area contributed by atoms with Crippen LogP contribution in [0.3, 0.4) is 0 Å². The zero-order valence-electron chi connectivity index (χ0n) is 9.18. The van der Waals surface area contributed by atoms with Gasteiger partial charge in [0.15, 0.2) is 6.29 Å². The topological polar surface area (TPSA) is 122 Å². The van der Waals surface area contributed by atoms with Crippen molar-refractivity contribution in [3.05, 3.63) is 0 Å². The van der Waals surface area contributed by atoms with Gasteiger partial charge < -0.3 is 25.6 Å². The molecule has 0 aromatic carbocycles. The van der Waals surface area contributed by atoms with Gasteiger partial charge in [-0.1, -0.05) is 13.8 Å². The summed E-state index contributed by atoms with van der Waals surface area (Å²) >= 11 is 0. The highest BCUT2D eigenvalue weighted by atomic mass is 31.2. The number of nitrogens with two attached hydrogens (primary N) is 1. The zero-order valence-corrected chi connectivity index (χ0v) is 10.1. The Balaban J connectivity index is 2.65. The van der Waals surface area contributed by atoms with Gasteiger partial charge in [0, 0.05) is 0 Å². The summed E-state index contributed by atoms with van der Waals surface area (Å²) in [5, 5.41) is 19.0. The van der Waals surface area contributed by atoms with Gasteiger partial charge in [-0.15, -0.1) is 0 Å². The van der Waals surface area contributed by atoms with Gasteiger partial charge in [-0.25, -0.2) is 0 Å². The maximum absolute atomic E-state index is 11.5. The molecule has 0 spiro atoms. The van der Waals surface area contributed by atoms with Gasteiger partial charge in [-0.3, -0.25) is 9.09 Å². The van der Waals surface area contributed by atoms with Crippen molar-refractivity contribution in [3.8, 4) is 0 Å². The van der Waals surface area contributed by atoms with Gasteiger partial charge in [-0.05, 0) is 0 Å². The molecule has 5 N–H and O–H groups in total. The van der Waals surface area contributed by atoms with Crippen molar-refractivity contribution < 1.29 is 28.9 Å². The lowest BCUT2D eigenvalue weighted by Gasteiger charge is -2.36. The Morgan fingerprint density at radius 3 is 2.50 bits per heavy atom. The predicted molar refractivity (Wildman–Crippen MR) is 55.8 cm³/mol. The molecule has 0 amide bonds. The van der Waals surface area contributed by atoms with E-state index in [1.54, 1.807) is 0 Å². The molecule has 8 heteroatoms. The van der Waals surface area contributed by atoms with E-state index >= 15 is 0 Å². The van der Waals surface area contributed by atoms with Gasteiger partial charge in [0.25, 0.3) is 0 Å². The Bertz CT molecular complexity index is 286. The summed E-state index contributed by atoms with van der Waals surface area (Å²) in [6.07, 6.45) is -3.98. The minimum Gasteiger partial charge on any atom is -0.388 e. The molecule has 0 aromatic rings. The first-order valence-electron chi connectivity index (χ1n) is 5.00. The molecular weight excluding hydrogens is 237 g/mol. The Labute approximate surface area is 93.7 Å². The van der Waals surface area contributed by atoms with Crippen LogP contribution in [-0.2, 0) is 13.8 Å². The second kappa shape index (κ2) is 5.10. The van der Waals surface area contributed by atoms with E-state index in [1.165, 1.54) is 13.8 Å². The summed E-state index contributed by atoms with van der Waals surface area (Å²) in [5.74, 6) is 0. The quantitative estimate of drug-likeness (QED) is 0.477. The van der Waals surface area contributed by atoms with E-state index in [4.69, 9.17) is 15.0 Å². The molecule has 96 valence electrons. The molecule has 1 saturated heterocycles. The maximum atomic E-state index is 11.5. The van der Waals surface area contributed by atoms with E-state index in [0.29, 0.717) is 0 Å². The Kier molecular flexibility index (Phi) is 4.48. The molecule has 0 saturated carbocycles. The van der Waals surface area contributed by atoms with Crippen LogP contribution >= 0.6 is 7.60 Å². The van der Waals surface area contributed by atoms with E-state index in [-0.39, 0.29) is 6.61 Å². The van der Waals surface area contributed by atoms with Crippen LogP contribution in [0.2, 0.25) is 0 Å². The summed E-state index contributed by atoms with van der Waals surface area (Å²) in [4.78, 5) is 9.44. The van der Waals surface area contributed by atoms with Crippen molar-refractivity contribution in [2.45, 2.75) is 44.0 Å². The van der Waals surface area contributed by atoms with Crippen LogP contribution in [0, 0.1) is 0 Å². The fraction of sp³-hybridized carbons (Fsp3) is 1.00. The molecule has 7 nitrogen and oxygen atoms in total. The first kappa shape index (κ1) is 14.1. The number of aliphatic hydroxyl groups is 2. The van der Waals surface area contributed by atoms with Crippen molar-refractivity contribution in [2.24, 2.45) is 5.73 Å². The summed E-state index contributed by atoms with van der Waals surface area (Å²) in [7, 11) is -3.85. The molecule has 0 radical (unpaired) electrons. The van der Waals surface area contributed by atoms with Crippen molar-refractivity contribution in [1.82, 2.24) is 0 Å². The van der Waals surface area contributed by atoms with Gasteiger partial charge in [0.2, 0.25) is 0 Å². The van der Waals surface area contributed by atoms with Crippen LogP contribution in [0.15, 0.2) is 0 Å². The molecule has 2 unspecified atom stereocenters. The molecule has 1 heterocycles. The minimum atomic E-state index is -3.85. The molecule has 16 heavy (non-hydrogen) atoms. The summed E-state index contributed by atoms with van der Waals surface area (Å²) in [5.41, 5.74) is 4.82. The number of rotatable bonds is 3. The lowest BCUT2D eigenvalue weighted by Crippen LogP contribution is -2.56. The summed E-state index contributed by atoms with van der Waals surface area (Å²) in [6, 6.07) is -0.730. The van der Waals surface area contributed by atoms with Crippen molar-refractivity contribution >= 4 is 7.60 Å². The van der Waals surface area contributed by atoms with Gasteiger partial charge in [0.1, 0.15) is 12.2 Å². The second-order valence-electron chi connectivity index (χ2n) is 4.11. The van der Waals surface area contributed by atoms with E-state index in [9.17, 15) is 19.7 Å². The lowest BCUT2D eigenvalue weighted by atomic mass is 10.0. The molecule has 5 atom stereocenters. The molecule has 1 fully saturated rings. The minimum absolute atomic E-state index is 0.0407. The second-order valence-corrected chi connectivity index (χ2v) is 6.48. The summed E-state index contributed by atoms with van der Waals surface area (Å²) < 4.78 is 21.3. The van der Waals surface area contributed by atoms with Gasteiger partial charge in [0.05, 0.1) is 18.3 Å². The van der Waals surface area contributed by atoms with Gasteiger partial charge >= 0.3 is 7.60 Å². The molecular formula is C8H18NO6P. The third-order valence-electron chi connectivity index (χ3n) is 2.43. The number of hydrogen-bond donors (Lipinski definition) is 4. The monoisotopic (exact) mass is 255 g/mol. The lowest BCUT2D eigenvalue weighted by molar-refractivity contribution is -0.215. The third-order valence-corrected chi connectivity index (χ3v) is 4.24. The smallest absolute Gasteiger partial charge is 0.333 e. The first-order chi connectivity index (χ1) is 7.25. The number of aliphatic hydroxyl groups excluding tert-OH is 2. The van der Waals surface area contributed by atoms with Crippen LogP contribution in [-0.4, -0.2) is 51.9 Å². The zero-order chi connectivity index (χ0) is 12.5. The highest BCUT2D eigenvalue weighted by Crippen LogP contribution is 2.49. The molecule has 0 aromatic heterocycles. The highest BCUT2D eigenvalue weighted by Gasteiger charge is 2.41. The Hall–Kier alpha value is -0.0100. The van der Waals surface area contributed by atoms with E-state index < -0.39 is 37.8 Å². The third kappa shape index (κ3) is 3.01. The number of hydrogen-bond acceptors (Lipinski definition) is 6. The van der Waals surface area contributed by atoms with Gasteiger partial charge in [-0.2, -0.15) is 0 Å². The van der Waals surface area contributed by atoms with E-state index in [1.807, 2.05) is 0 Å². The first-order valence-corrected chi connectivity index (χ1v) is 6.64. The van der Waals surface area contributed by atoms with Crippen molar-refractivity contribution in [2.75, 3.05) is 6.61 Å². The van der Waals surface area contributed by atoms with Crippen LogP contribution < -0.4 is 5.73 Å². The average Bonchev–Trinajstić information content (AvgIpc) is 2.19. The van der Waals surface area contributed by atoms with E-state index in [2.05, 4.69) is 0 Å². The molecule has 0 aliphatic carbocycles. The predicted octanol–water partition coefficient (Wildman–Crippen LogP) is -0.998. The fourth-order valence-corrected chi connectivity index (χ4v) is 1.91. The van der Waals surface area contributed by atoms with Crippen molar-refractivity contribution in [3.63, 3.8) is 0 Å². The van der Waals surface area contributed by atoms with Crippen LogP contribution in [0.1, 0.15) is 13.8 Å². The van der Waals surface area contributed by atoms with Crippen LogP contribution in [0.25, 0.3) is 0 Å². The molecule has 1 aliphatic rings. The molecule has 0 bridgehead atoms. The standard InChI is InChI=1S/C8H18NO6P/c1-4(2)16(12,13)15-8-7(11)6(10)5(9)3-14-8/h4-8,10-11H,3,9H2,1-2H3,(H,12,13)/t5-,6-,7?,8+/m0/s1. The summed E-state index contributed by atoms with van der Waals surface area (Å²) in [6.45, 7) is 2.98. The van der Waals surface area contributed by atoms with E-state index in [0.717, 1.165) is 0 Å². The normalized spacial score (nSPS) is 39.7. The fourth-order valence-electron chi connectivity index (χ4n) is 1.18. The van der Waals surface area contributed by atoms with Crippen molar-refractivity contribution in [1.29, 1.82) is 0 Å². The number of ether oxygens (including phenoxy) is 1.